The van der Waals surface area contributed by atoms with Crippen LogP contribution in [0.25, 0.3) is 10.8 Å². The molecule has 0 aromatic heterocycles. The SMILES string of the molecule is CN(O[SH](=O)=O)c1c[c]c2ccccc2c1. The molecule has 2 aromatic carbocycles. The fraction of sp³-hybridized carbons (Fsp3) is 0.0909. The minimum atomic E-state index is -2.89. The normalized spacial score (nSPS) is 10.9. The van der Waals surface area contributed by atoms with Gasteiger partial charge in [-0.3, -0.25) is 0 Å². The van der Waals surface area contributed by atoms with Gasteiger partial charge < -0.3 is 0 Å². The van der Waals surface area contributed by atoms with E-state index in [-0.39, 0.29) is 0 Å². The summed E-state index contributed by atoms with van der Waals surface area (Å²) in [5.74, 6) is 0. The van der Waals surface area contributed by atoms with E-state index in [0.717, 1.165) is 10.8 Å². The highest BCUT2D eigenvalue weighted by Gasteiger charge is 2.03. The van der Waals surface area contributed by atoms with Crippen molar-refractivity contribution in [3.63, 3.8) is 0 Å². The lowest BCUT2D eigenvalue weighted by molar-refractivity contribution is 0.320. The molecular formula is C11H10NO3S. The fourth-order valence-corrected chi connectivity index (χ4v) is 1.73. The number of hydrogen-bond acceptors (Lipinski definition) is 4. The number of thiol groups is 1. The molecule has 0 heterocycles. The summed E-state index contributed by atoms with van der Waals surface area (Å²) in [6, 6.07) is 14.3. The van der Waals surface area contributed by atoms with Crippen LogP contribution in [0.5, 0.6) is 0 Å². The van der Waals surface area contributed by atoms with Gasteiger partial charge in [-0.25, -0.2) is 13.5 Å². The van der Waals surface area contributed by atoms with Crippen molar-refractivity contribution in [2.45, 2.75) is 0 Å². The first-order valence-electron chi connectivity index (χ1n) is 4.63. The maximum atomic E-state index is 10.4. The van der Waals surface area contributed by atoms with E-state index in [2.05, 4.69) is 10.4 Å². The first kappa shape index (κ1) is 10.9. The van der Waals surface area contributed by atoms with Crippen molar-refractivity contribution in [1.29, 1.82) is 0 Å². The molecule has 83 valence electrons. The van der Waals surface area contributed by atoms with Crippen molar-refractivity contribution in [2.75, 3.05) is 12.1 Å². The van der Waals surface area contributed by atoms with Gasteiger partial charge in [-0.2, -0.15) is 4.28 Å². The summed E-state index contributed by atoms with van der Waals surface area (Å²) >= 11 is 0. The Morgan fingerprint density at radius 3 is 2.81 bits per heavy atom. The summed E-state index contributed by atoms with van der Waals surface area (Å²) in [5, 5.41) is 3.15. The lowest BCUT2D eigenvalue weighted by Crippen LogP contribution is -2.16. The smallest absolute Gasteiger partial charge is 0.240 e. The topological polar surface area (TPSA) is 46.6 Å². The van der Waals surface area contributed by atoms with Crippen LogP contribution in [0.15, 0.2) is 36.4 Å². The van der Waals surface area contributed by atoms with Crippen LogP contribution in [0, 0.1) is 6.07 Å². The molecule has 0 unspecified atom stereocenters. The summed E-state index contributed by atoms with van der Waals surface area (Å²) in [6.45, 7) is 0. The predicted octanol–water partition coefficient (Wildman–Crippen LogP) is 1.53. The standard InChI is InChI=1S/C11H10NO3S/c1-12(15-16(13)14)11-7-6-9-4-2-3-5-10(9)8-11/h2-5,7-8,16H,1H3. The monoisotopic (exact) mass is 236 g/mol. The second kappa shape index (κ2) is 4.51. The van der Waals surface area contributed by atoms with Gasteiger partial charge in [-0.15, -0.1) is 0 Å². The molecule has 0 saturated carbocycles. The van der Waals surface area contributed by atoms with Crippen LogP contribution >= 0.6 is 0 Å². The third kappa shape index (κ3) is 2.32. The molecule has 1 radical (unpaired) electrons. The number of benzene rings is 2. The lowest BCUT2D eigenvalue weighted by atomic mass is 10.1. The molecule has 0 amide bonds. The van der Waals surface area contributed by atoms with Crippen LogP contribution in [-0.4, -0.2) is 15.5 Å². The highest BCUT2D eigenvalue weighted by Crippen LogP contribution is 2.20. The van der Waals surface area contributed by atoms with E-state index in [1.807, 2.05) is 30.3 Å². The number of anilines is 1. The van der Waals surface area contributed by atoms with Crippen molar-refractivity contribution in [2.24, 2.45) is 0 Å². The maximum absolute atomic E-state index is 10.4. The van der Waals surface area contributed by atoms with E-state index >= 15 is 0 Å². The molecule has 0 aliphatic heterocycles. The van der Waals surface area contributed by atoms with Crippen LogP contribution in [0.4, 0.5) is 5.69 Å². The van der Waals surface area contributed by atoms with Crippen LogP contribution in [-0.2, 0) is 15.3 Å². The van der Waals surface area contributed by atoms with Crippen molar-refractivity contribution < 1.29 is 12.7 Å². The largest absolute Gasteiger partial charge is 0.277 e. The van der Waals surface area contributed by atoms with Gasteiger partial charge in [0.1, 0.15) is 0 Å². The van der Waals surface area contributed by atoms with Gasteiger partial charge in [-0.05, 0) is 29.0 Å². The lowest BCUT2D eigenvalue weighted by Gasteiger charge is -2.14. The summed E-state index contributed by atoms with van der Waals surface area (Å²) in [5.41, 5.74) is 0.637. The van der Waals surface area contributed by atoms with E-state index in [4.69, 9.17) is 0 Å². The Morgan fingerprint density at radius 2 is 2.06 bits per heavy atom. The molecule has 5 heteroatoms. The average molecular weight is 236 g/mol. The summed E-state index contributed by atoms with van der Waals surface area (Å²) < 4.78 is 25.4. The van der Waals surface area contributed by atoms with Crippen LogP contribution < -0.4 is 5.06 Å². The Hall–Kier alpha value is -1.59. The van der Waals surface area contributed by atoms with Gasteiger partial charge in [0.2, 0.25) is 0 Å². The zero-order valence-electron chi connectivity index (χ0n) is 8.58. The fourth-order valence-electron chi connectivity index (χ4n) is 1.44. The molecule has 16 heavy (non-hydrogen) atoms. The highest BCUT2D eigenvalue weighted by molar-refractivity contribution is 7.67. The van der Waals surface area contributed by atoms with Gasteiger partial charge in [0.15, 0.2) is 0 Å². The molecular weight excluding hydrogens is 226 g/mol. The van der Waals surface area contributed by atoms with Gasteiger partial charge >= 0.3 is 0 Å². The Balaban J connectivity index is 2.38. The van der Waals surface area contributed by atoms with Crippen molar-refractivity contribution in [3.05, 3.63) is 42.5 Å². The number of hydrogen-bond donors (Lipinski definition) is 1. The average Bonchev–Trinajstić information content (AvgIpc) is 2.27. The zero-order chi connectivity index (χ0) is 11.5. The minimum absolute atomic E-state index is 0.637. The van der Waals surface area contributed by atoms with Gasteiger partial charge in [0.05, 0.1) is 5.69 Å². The third-order valence-electron chi connectivity index (χ3n) is 2.19. The summed E-state index contributed by atoms with van der Waals surface area (Å²) in [4.78, 5) is 0. The van der Waals surface area contributed by atoms with E-state index in [9.17, 15) is 8.42 Å². The molecule has 0 spiro atoms. The molecule has 0 saturated heterocycles. The van der Waals surface area contributed by atoms with Crippen LogP contribution in [0.3, 0.4) is 0 Å². The second-order valence-electron chi connectivity index (χ2n) is 3.25. The van der Waals surface area contributed by atoms with Crippen molar-refractivity contribution >= 4 is 27.4 Å². The van der Waals surface area contributed by atoms with Crippen LogP contribution in [0.2, 0.25) is 0 Å². The summed E-state index contributed by atoms with van der Waals surface area (Å²) in [7, 11) is -1.36. The molecule has 0 N–H and O–H groups in total. The number of hydroxylamine groups is 1. The van der Waals surface area contributed by atoms with E-state index in [0.29, 0.717) is 5.69 Å². The molecule has 2 aromatic rings. The van der Waals surface area contributed by atoms with E-state index in [1.54, 1.807) is 6.07 Å². The Bertz CT molecular complexity index is 572. The molecule has 0 aliphatic carbocycles. The van der Waals surface area contributed by atoms with E-state index < -0.39 is 11.0 Å². The van der Waals surface area contributed by atoms with Gasteiger partial charge in [0, 0.05) is 7.05 Å². The first-order chi connectivity index (χ1) is 7.66. The number of nitrogens with zero attached hydrogens (tertiary/aromatic N) is 1. The van der Waals surface area contributed by atoms with Gasteiger partial charge in [-0.1, -0.05) is 24.3 Å². The van der Waals surface area contributed by atoms with E-state index in [1.165, 1.54) is 12.1 Å². The molecule has 2 rings (SSSR count). The summed E-state index contributed by atoms with van der Waals surface area (Å²) in [6.07, 6.45) is 0. The molecule has 0 atom stereocenters. The van der Waals surface area contributed by atoms with Crippen LogP contribution in [0.1, 0.15) is 0 Å². The van der Waals surface area contributed by atoms with Gasteiger partial charge in [0.25, 0.3) is 11.0 Å². The second-order valence-corrected chi connectivity index (χ2v) is 3.86. The molecule has 0 bridgehead atoms. The number of rotatable bonds is 3. The van der Waals surface area contributed by atoms with Crippen molar-refractivity contribution in [1.82, 2.24) is 0 Å². The quantitative estimate of drug-likeness (QED) is 0.648. The van der Waals surface area contributed by atoms with Crippen molar-refractivity contribution in [3.8, 4) is 0 Å². The third-order valence-corrected chi connectivity index (χ3v) is 2.57. The number of fused-ring (bicyclic) bond motifs is 1. The predicted molar refractivity (Wildman–Crippen MR) is 62.6 cm³/mol. The zero-order valence-corrected chi connectivity index (χ0v) is 9.48. The Labute approximate surface area is 95.2 Å². The Morgan fingerprint density at radius 1 is 1.31 bits per heavy atom. The maximum Gasteiger partial charge on any atom is 0.277 e. The minimum Gasteiger partial charge on any atom is -0.240 e. The molecule has 0 aliphatic rings. The highest BCUT2D eigenvalue weighted by atomic mass is 32.2. The molecule has 0 fully saturated rings. The molecule has 4 nitrogen and oxygen atoms in total. The Kier molecular flexibility index (Phi) is 3.07. The first-order valence-corrected chi connectivity index (χ1v) is 5.73.